The Balaban J connectivity index is 5.04. The van der Waals surface area contributed by atoms with Crippen LogP contribution < -0.4 is 5.32 Å². The first-order chi connectivity index (χ1) is 38.9. The molecule has 0 heterocycles. The molecule has 0 aromatic carbocycles. The fraction of sp³-hybridized carbons (Fsp3) is 0.800. The molecule has 0 aromatic rings. The van der Waals surface area contributed by atoms with Gasteiger partial charge in [0.2, 0.25) is 5.91 Å². The highest BCUT2D eigenvalue weighted by atomic mass is 31.2. The quantitative estimate of drug-likeness (QED) is 0.0205. The Kier molecular flexibility index (Phi) is 57.7. The average molecular weight is 1140 g/mol. The number of quaternary nitrogens is 1. The van der Waals surface area contributed by atoms with Gasteiger partial charge < -0.3 is 19.4 Å². The Morgan fingerprint density at radius 1 is 0.450 bits per heavy atom. The smallest absolute Gasteiger partial charge is 0.456 e. The van der Waals surface area contributed by atoms with E-state index in [1.165, 1.54) is 180 Å². The molecule has 10 heteroatoms. The summed E-state index contributed by atoms with van der Waals surface area (Å²) >= 11 is 0. The van der Waals surface area contributed by atoms with Crippen molar-refractivity contribution >= 4 is 19.7 Å². The van der Waals surface area contributed by atoms with E-state index in [1.807, 2.05) is 33.3 Å². The van der Waals surface area contributed by atoms with Crippen molar-refractivity contribution in [3.8, 4) is 0 Å². The van der Waals surface area contributed by atoms with Gasteiger partial charge in [0.15, 0.2) is 0 Å². The number of carbonyl (C=O) groups excluding carboxylic acids is 2. The van der Waals surface area contributed by atoms with E-state index in [-0.39, 0.29) is 31.5 Å². The van der Waals surface area contributed by atoms with Crippen molar-refractivity contribution in [2.45, 2.75) is 322 Å². The number of unbranched alkanes of at least 4 members (excludes halogenated alkanes) is 35. The van der Waals surface area contributed by atoms with Gasteiger partial charge in [-0.05, 0) is 96.0 Å². The van der Waals surface area contributed by atoms with E-state index < -0.39 is 20.0 Å². The molecule has 9 nitrogen and oxygen atoms in total. The zero-order valence-electron chi connectivity index (χ0n) is 53.3. The number of amides is 1. The minimum atomic E-state index is -4.46. The number of phosphoric acid groups is 1. The van der Waals surface area contributed by atoms with Crippen molar-refractivity contribution < 1.29 is 37.3 Å². The summed E-state index contributed by atoms with van der Waals surface area (Å²) in [6, 6.07) is -0.859. The molecule has 3 atom stereocenters. The molecule has 2 N–H and O–H groups in total. The van der Waals surface area contributed by atoms with E-state index in [0.29, 0.717) is 23.9 Å². The van der Waals surface area contributed by atoms with Gasteiger partial charge in [0.1, 0.15) is 19.3 Å². The molecule has 80 heavy (non-hydrogen) atoms. The normalized spacial score (nSPS) is 14.0. The van der Waals surface area contributed by atoms with Crippen molar-refractivity contribution in [2.75, 3.05) is 40.9 Å². The number of hydrogen-bond acceptors (Lipinski definition) is 6. The van der Waals surface area contributed by atoms with Crippen molar-refractivity contribution in [3.05, 3.63) is 72.9 Å². The van der Waals surface area contributed by atoms with Crippen LogP contribution in [0.3, 0.4) is 0 Å². The third-order valence-electron chi connectivity index (χ3n) is 14.9. The highest BCUT2D eigenvalue weighted by molar-refractivity contribution is 7.47. The number of esters is 1. The van der Waals surface area contributed by atoms with E-state index in [1.54, 1.807) is 0 Å². The molecule has 0 rings (SSSR count). The molecule has 0 aliphatic heterocycles. The predicted molar refractivity (Wildman–Crippen MR) is 346 cm³/mol. The highest BCUT2D eigenvalue weighted by Gasteiger charge is 2.30. The van der Waals surface area contributed by atoms with Gasteiger partial charge in [0, 0.05) is 12.8 Å². The van der Waals surface area contributed by atoms with Gasteiger partial charge in [-0.15, -0.1) is 0 Å². The van der Waals surface area contributed by atoms with Crippen molar-refractivity contribution in [1.82, 2.24) is 5.32 Å². The third kappa shape index (κ3) is 60.1. The van der Waals surface area contributed by atoms with Gasteiger partial charge in [-0.25, -0.2) is 4.57 Å². The summed E-state index contributed by atoms with van der Waals surface area (Å²) in [7, 11) is 1.49. The van der Waals surface area contributed by atoms with Crippen LogP contribution in [0, 0.1) is 0 Å². The maximum atomic E-state index is 13.6. The molecule has 0 aromatic heterocycles. The lowest BCUT2D eigenvalue weighted by molar-refractivity contribution is -0.870. The van der Waals surface area contributed by atoms with Crippen LogP contribution in [0.4, 0.5) is 0 Å². The topological polar surface area (TPSA) is 111 Å². The zero-order chi connectivity index (χ0) is 58.6. The molecular formula is C70H130N2O7P+. The molecular weight excluding hydrogens is 1010 g/mol. The highest BCUT2D eigenvalue weighted by Crippen LogP contribution is 2.43. The molecule has 0 radical (unpaired) electrons. The number of nitrogens with one attached hydrogen (secondary N) is 1. The summed E-state index contributed by atoms with van der Waals surface area (Å²) in [5.41, 5.74) is 0. The van der Waals surface area contributed by atoms with Gasteiger partial charge in [-0.2, -0.15) is 0 Å². The summed E-state index contributed by atoms with van der Waals surface area (Å²) in [5, 5.41) is 3.06. The lowest BCUT2D eigenvalue weighted by Gasteiger charge is -2.27. The van der Waals surface area contributed by atoms with Crippen LogP contribution in [0.2, 0.25) is 0 Å². The predicted octanol–water partition coefficient (Wildman–Crippen LogP) is 21.2. The van der Waals surface area contributed by atoms with Crippen LogP contribution in [0.1, 0.15) is 310 Å². The van der Waals surface area contributed by atoms with Gasteiger partial charge in [0.05, 0.1) is 33.8 Å². The minimum Gasteiger partial charge on any atom is -0.456 e. The number of hydrogen-bond donors (Lipinski definition) is 2. The summed E-state index contributed by atoms with van der Waals surface area (Å²) in [5.74, 6) is -0.523. The van der Waals surface area contributed by atoms with E-state index in [4.69, 9.17) is 13.8 Å². The number of nitrogens with zero attached hydrogens (tertiary/aromatic N) is 1. The second-order valence-corrected chi connectivity index (χ2v) is 25.4. The maximum absolute atomic E-state index is 13.6. The fourth-order valence-corrected chi connectivity index (χ4v) is 10.4. The Morgan fingerprint density at radius 2 is 0.800 bits per heavy atom. The summed E-state index contributed by atoms with van der Waals surface area (Å²) in [6.07, 6.45) is 77.7. The molecule has 0 fully saturated rings. The van der Waals surface area contributed by atoms with Crippen LogP contribution in [0.15, 0.2) is 72.9 Å². The summed E-state index contributed by atoms with van der Waals surface area (Å²) in [6.45, 7) is 6.89. The van der Waals surface area contributed by atoms with Crippen LogP contribution in [0.5, 0.6) is 0 Å². The molecule has 0 spiro atoms. The second-order valence-electron chi connectivity index (χ2n) is 24.0. The maximum Gasteiger partial charge on any atom is 0.472 e. The van der Waals surface area contributed by atoms with E-state index >= 15 is 0 Å². The monoisotopic (exact) mass is 1140 g/mol. The fourth-order valence-electron chi connectivity index (χ4n) is 9.69. The Morgan fingerprint density at radius 3 is 1.23 bits per heavy atom. The average Bonchev–Trinajstić information content (AvgIpc) is 3.42. The SMILES string of the molecule is CC/C=C/C/C=C/C/C=C/CCCCCCC(=O)OC(/C=C\CCCCCCCCCCCCC)C(COP(=O)(O)OCC[N+](C)(C)C)NC(=O)CCCCCCCCCCCCCCCCCCC/C=C\C/C=C\CCCCC. The molecule has 0 saturated carbocycles. The molecule has 1 amide bonds. The summed E-state index contributed by atoms with van der Waals surface area (Å²) in [4.78, 5) is 37.8. The Labute approximate surface area is 495 Å². The number of phosphoric ester groups is 1. The van der Waals surface area contributed by atoms with Crippen molar-refractivity contribution in [3.63, 3.8) is 0 Å². The number of allylic oxidation sites excluding steroid dienone is 11. The van der Waals surface area contributed by atoms with Crippen LogP contribution in [0.25, 0.3) is 0 Å². The van der Waals surface area contributed by atoms with Gasteiger partial charge in [-0.1, -0.05) is 274 Å². The Hall–Kier alpha value is -2.55. The van der Waals surface area contributed by atoms with Crippen LogP contribution >= 0.6 is 7.82 Å². The number of likely N-dealkylation sites (N-methyl/N-ethyl adjacent to an activating group) is 1. The van der Waals surface area contributed by atoms with Gasteiger partial charge in [0.25, 0.3) is 0 Å². The van der Waals surface area contributed by atoms with Gasteiger partial charge >= 0.3 is 13.8 Å². The van der Waals surface area contributed by atoms with E-state index in [2.05, 4.69) is 86.8 Å². The first-order valence-electron chi connectivity index (χ1n) is 33.8. The molecule has 3 unspecified atom stereocenters. The lowest BCUT2D eigenvalue weighted by atomic mass is 10.0. The third-order valence-corrected chi connectivity index (χ3v) is 15.9. The second kappa shape index (κ2) is 59.6. The first-order valence-corrected chi connectivity index (χ1v) is 35.3. The lowest BCUT2D eigenvalue weighted by Crippen LogP contribution is -2.47. The summed E-state index contributed by atoms with van der Waals surface area (Å²) < 4.78 is 30.7. The molecule has 0 bridgehead atoms. The van der Waals surface area contributed by atoms with E-state index in [9.17, 15) is 19.0 Å². The molecule has 0 saturated heterocycles. The van der Waals surface area contributed by atoms with E-state index in [0.717, 1.165) is 89.9 Å². The number of carbonyl (C=O) groups is 2. The van der Waals surface area contributed by atoms with Gasteiger partial charge in [-0.3, -0.25) is 18.6 Å². The van der Waals surface area contributed by atoms with Crippen molar-refractivity contribution in [1.29, 1.82) is 0 Å². The Bertz CT molecular complexity index is 1600. The van der Waals surface area contributed by atoms with Crippen molar-refractivity contribution in [2.24, 2.45) is 0 Å². The zero-order valence-corrected chi connectivity index (χ0v) is 54.2. The minimum absolute atomic E-state index is 0.0355. The number of ether oxygens (including phenoxy) is 1. The first kappa shape index (κ1) is 77.5. The van der Waals surface area contributed by atoms with Crippen LogP contribution in [-0.2, 0) is 27.9 Å². The molecule has 0 aliphatic carbocycles. The largest absolute Gasteiger partial charge is 0.472 e. The number of rotatable bonds is 61. The standard InChI is InChI=1S/C70H129N2O7P/c1-7-10-13-16-19-22-25-28-30-31-32-33-34-35-36-37-38-39-40-41-42-44-47-50-53-56-59-62-69(73)71-67(66-78-80(75,76)77-65-64-72(4,5)6)68(61-58-55-52-49-46-43-27-24-21-18-15-12-9-3)79-70(74)63-60-57-54-51-48-45-29-26-23-20-17-14-11-8-2/h11,14,19-20,22-23,28-30,45,58,61,67-68H,7-10,12-13,15-18,21,24-27,31-44,46-57,59-60,62-66H2,1-6H3,(H-,71,73,75,76)/p+1/b14-11+,22-19-,23-20+,30-28-,45-29+,61-58-. The van der Waals surface area contributed by atoms with Crippen LogP contribution in [-0.4, -0.2) is 74.3 Å². The molecule has 0 aliphatic rings. The molecule has 466 valence electrons.